The lowest BCUT2D eigenvalue weighted by molar-refractivity contribution is -0.116. The second kappa shape index (κ2) is 4.71. The van der Waals surface area contributed by atoms with Crippen molar-refractivity contribution in [1.29, 1.82) is 0 Å². The summed E-state index contributed by atoms with van der Waals surface area (Å²) in [6.45, 7) is 0.114. The fraction of sp³-hybridized carbons (Fsp3) is 0.111. The average molecular weight is 238 g/mol. The number of amides is 1. The number of pyridine rings is 1. The Kier molecular flexibility index (Phi) is 3.11. The predicted octanol–water partition coefficient (Wildman–Crippen LogP) is 0.965. The molecule has 0 aromatic carbocycles. The predicted molar refractivity (Wildman–Crippen MR) is 57.9 cm³/mol. The topological polar surface area (TPSA) is 72.7 Å². The van der Waals surface area contributed by atoms with Crippen molar-refractivity contribution in [3.8, 4) is 0 Å². The summed E-state index contributed by atoms with van der Waals surface area (Å²) in [5.41, 5.74) is 0.592. The van der Waals surface area contributed by atoms with Crippen LogP contribution in [-0.2, 0) is 11.3 Å². The molecule has 0 aliphatic heterocycles. The van der Waals surface area contributed by atoms with Crippen LogP contribution < -0.4 is 5.32 Å². The SMILES string of the molecule is O=C(Cn1ccnn1)Nc1ccc(Cl)nc1. The van der Waals surface area contributed by atoms with E-state index >= 15 is 0 Å². The van der Waals surface area contributed by atoms with Crippen molar-refractivity contribution in [2.75, 3.05) is 5.32 Å². The Morgan fingerprint density at radius 1 is 1.50 bits per heavy atom. The smallest absolute Gasteiger partial charge is 0.246 e. The normalized spacial score (nSPS) is 10.1. The first kappa shape index (κ1) is 10.6. The molecule has 82 valence electrons. The third kappa shape index (κ3) is 2.77. The molecule has 2 rings (SSSR count). The number of nitrogens with zero attached hydrogens (tertiary/aromatic N) is 4. The van der Waals surface area contributed by atoms with Crippen molar-refractivity contribution in [1.82, 2.24) is 20.0 Å². The maximum atomic E-state index is 11.5. The minimum absolute atomic E-state index is 0.114. The molecule has 0 aliphatic rings. The molecule has 7 heteroatoms. The number of hydrogen-bond acceptors (Lipinski definition) is 4. The van der Waals surface area contributed by atoms with E-state index in [0.717, 1.165) is 0 Å². The van der Waals surface area contributed by atoms with Crippen LogP contribution in [0.3, 0.4) is 0 Å². The van der Waals surface area contributed by atoms with Crippen LogP contribution in [0.1, 0.15) is 0 Å². The Morgan fingerprint density at radius 2 is 2.38 bits per heavy atom. The quantitative estimate of drug-likeness (QED) is 0.808. The van der Waals surface area contributed by atoms with Crippen molar-refractivity contribution in [2.45, 2.75) is 6.54 Å². The molecule has 6 nitrogen and oxygen atoms in total. The molecule has 0 aliphatic carbocycles. The Balaban J connectivity index is 1.95. The van der Waals surface area contributed by atoms with Crippen LogP contribution in [0, 0.1) is 0 Å². The second-order valence-electron chi connectivity index (χ2n) is 3.02. The van der Waals surface area contributed by atoms with Gasteiger partial charge in [0, 0.05) is 6.20 Å². The molecule has 0 radical (unpaired) electrons. The molecule has 0 fully saturated rings. The summed E-state index contributed by atoms with van der Waals surface area (Å²) >= 11 is 5.62. The number of carbonyl (C=O) groups is 1. The highest BCUT2D eigenvalue weighted by molar-refractivity contribution is 6.29. The Bertz CT molecular complexity index is 467. The van der Waals surface area contributed by atoms with Crippen molar-refractivity contribution in [2.24, 2.45) is 0 Å². The highest BCUT2D eigenvalue weighted by atomic mass is 35.5. The summed E-state index contributed by atoms with van der Waals surface area (Å²) in [7, 11) is 0. The number of hydrogen-bond donors (Lipinski definition) is 1. The first-order valence-corrected chi connectivity index (χ1v) is 4.87. The first-order valence-electron chi connectivity index (χ1n) is 4.49. The fourth-order valence-electron chi connectivity index (χ4n) is 1.11. The highest BCUT2D eigenvalue weighted by Crippen LogP contribution is 2.09. The molecule has 1 amide bonds. The molecule has 1 N–H and O–H groups in total. The van der Waals surface area contributed by atoms with Gasteiger partial charge in [-0.3, -0.25) is 4.79 Å². The average Bonchev–Trinajstić information content (AvgIpc) is 2.74. The molecule has 2 heterocycles. The van der Waals surface area contributed by atoms with E-state index in [0.29, 0.717) is 10.8 Å². The molecule has 0 saturated heterocycles. The summed E-state index contributed by atoms with van der Waals surface area (Å²) < 4.78 is 1.43. The van der Waals surface area contributed by atoms with Gasteiger partial charge in [0.15, 0.2) is 0 Å². The van der Waals surface area contributed by atoms with Crippen LogP contribution in [0.25, 0.3) is 0 Å². The largest absolute Gasteiger partial charge is 0.323 e. The minimum Gasteiger partial charge on any atom is -0.323 e. The monoisotopic (exact) mass is 237 g/mol. The van der Waals surface area contributed by atoms with Crippen molar-refractivity contribution < 1.29 is 4.79 Å². The van der Waals surface area contributed by atoms with E-state index in [1.807, 2.05) is 0 Å². The molecule has 16 heavy (non-hydrogen) atoms. The van der Waals surface area contributed by atoms with Gasteiger partial charge in [-0.25, -0.2) is 9.67 Å². The highest BCUT2D eigenvalue weighted by Gasteiger charge is 2.03. The molecule has 2 aromatic rings. The van der Waals surface area contributed by atoms with E-state index in [-0.39, 0.29) is 12.5 Å². The Hall–Kier alpha value is -1.95. The van der Waals surface area contributed by atoms with Gasteiger partial charge in [0.05, 0.1) is 18.1 Å². The maximum Gasteiger partial charge on any atom is 0.246 e. The molecule has 0 atom stereocenters. The summed E-state index contributed by atoms with van der Waals surface area (Å²) in [6, 6.07) is 3.28. The van der Waals surface area contributed by atoms with Gasteiger partial charge in [0.2, 0.25) is 5.91 Å². The molecule has 0 saturated carbocycles. The zero-order valence-corrected chi connectivity index (χ0v) is 8.92. The van der Waals surface area contributed by atoms with Crippen molar-refractivity contribution in [3.05, 3.63) is 35.9 Å². The van der Waals surface area contributed by atoms with E-state index in [4.69, 9.17) is 11.6 Å². The molecule has 0 bridgehead atoms. The number of aromatic nitrogens is 4. The van der Waals surface area contributed by atoms with E-state index in [1.165, 1.54) is 17.1 Å². The van der Waals surface area contributed by atoms with Crippen LogP contribution in [-0.4, -0.2) is 25.9 Å². The lowest BCUT2D eigenvalue weighted by atomic mass is 10.4. The third-order valence-corrected chi connectivity index (χ3v) is 2.01. The van der Waals surface area contributed by atoms with Gasteiger partial charge in [-0.1, -0.05) is 16.8 Å². The van der Waals surface area contributed by atoms with Gasteiger partial charge in [-0.05, 0) is 12.1 Å². The summed E-state index contributed by atoms with van der Waals surface area (Å²) in [4.78, 5) is 15.3. The Labute approximate surface area is 96.2 Å². The summed E-state index contributed by atoms with van der Waals surface area (Å²) in [5.74, 6) is -0.199. The van der Waals surface area contributed by atoms with Crippen LogP contribution in [0.5, 0.6) is 0 Å². The molecule has 0 unspecified atom stereocenters. The van der Waals surface area contributed by atoms with E-state index in [2.05, 4.69) is 20.6 Å². The lowest BCUT2D eigenvalue weighted by Gasteiger charge is -2.04. The van der Waals surface area contributed by atoms with Crippen molar-refractivity contribution >= 4 is 23.2 Å². The summed E-state index contributed by atoms with van der Waals surface area (Å²) in [6.07, 6.45) is 4.61. The number of anilines is 1. The third-order valence-electron chi connectivity index (χ3n) is 1.79. The number of nitrogens with one attached hydrogen (secondary N) is 1. The van der Waals surface area contributed by atoms with Gasteiger partial charge in [-0.2, -0.15) is 0 Å². The Morgan fingerprint density at radius 3 is 3.00 bits per heavy atom. The van der Waals surface area contributed by atoms with Crippen LogP contribution in [0.4, 0.5) is 5.69 Å². The molecule has 0 spiro atoms. The van der Waals surface area contributed by atoms with Crippen LogP contribution in [0.2, 0.25) is 5.15 Å². The van der Waals surface area contributed by atoms with Gasteiger partial charge in [0.25, 0.3) is 0 Å². The van der Waals surface area contributed by atoms with Gasteiger partial charge < -0.3 is 5.32 Å². The minimum atomic E-state index is -0.199. The standard InChI is InChI=1S/C9H8ClN5O/c10-8-2-1-7(5-11-8)13-9(16)6-15-4-3-12-14-15/h1-5H,6H2,(H,13,16). The summed E-state index contributed by atoms with van der Waals surface area (Å²) in [5, 5.41) is 10.3. The lowest BCUT2D eigenvalue weighted by Crippen LogP contribution is -2.19. The van der Waals surface area contributed by atoms with Gasteiger partial charge in [-0.15, -0.1) is 5.10 Å². The van der Waals surface area contributed by atoms with E-state index < -0.39 is 0 Å². The second-order valence-corrected chi connectivity index (χ2v) is 3.41. The first-order chi connectivity index (χ1) is 7.74. The molecule has 2 aromatic heterocycles. The van der Waals surface area contributed by atoms with Crippen LogP contribution >= 0.6 is 11.6 Å². The molecular formula is C9H8ClN5O. The van der Waals surface area contributed by atoms with Gasteiger partial charge >= 0.3 is 0 Å². The zero-order chi connectivity index (χ0) is 11.4. The number of rotatable bonds is 3. The maximum absolute atomic E-state index is 11.5. The van der Waals surface area contributed by atoms with Crippen LogP contribution in [0.15, 0.2) is 30.7 Å². The van der Waals surface area contributed by atoms with E-state index in [1.54, 1.807) is 18.3 Å². The zero-order valence-electron chi connectivity index (χ0n) is 8.17. The van der Waals surface area contributed by atoms with Gasteiger partial charge in [0.1, 0.15) is 11.7 Å². The van der Waals surface area contributed by atoms with E-state index in [9.17, 15) is 4.79 Å². The number of halogens is 1. The number of carbonyl (C=O) groups excluding carboxylic acids is 1. The molecular weight excluding hydrogens is 230 g/mol. The fourth-order valence-corrected chi connectivity index (χ4v) is 1.23. The van der Waals surface area contributed by atoms with Crippen molar-refractivity contribution in [3.63, 3.8) is 0 Å².